The zero-order valence-corrected chi connectivity index (χ0v) is 11.3. The highest BCUT2D eigenvalue weighted by molar-refractivity contribution is 6.00. The van der Waals surface area contributed by atoms with E-state index in [0.717, 1.165) is 5.56 Å². The molecule has 1 heterocycles. The van der Waals surface area contributed by atoms with Crippen molar-refractivity contribution < 1.29 is 18.7 Å². The van der Waals surface area contributed by atoms with Crippen molar-refractivity contribution in [3.05, 3.63) is 47.8 Å². The second kappa shape index (κ2) is 5.32. The molecular formula is C15H13FN2O3. The van der Waals surface area contributed by atoms with Crippen LogP contribution in [0.25, 0.3) is 0 Å². The summed E-state index contributed by atoms with van der Waals surface area (Å²) < 4.78 is 23.6. The van der Waals surface area contributed by atoms with E-state index < -0.39 is 11.8 Å². The van der Waals surface area contributed by atoms with Crippen LogP contribution in [0.3, 0.4) is 0 Å². The topological polar surface area (TPSA) is 59.6 Å². The average Bonchev–Trinajstić information content (AvgIpc) is 2.90. The highest BCUT2D eigenvalue weighted by atomic mass is 19.1. The van der Waals surface area contributed by atoms with E-state index in [1.54, 1.807) is 31.2 Å². The summed E-state index contributed by atoms with van der Waals surface area (Å²) in [4.78, 5) is 11.9. The number of aryl methyl sites for hydroxylation is 1. The lowest BCUT2D eigenvalue weighted by Crippen LogP contribution is -2.20. The Morgan fingerprint density at radius 1 is 1.10 bits per heavy atom. The minimum absolute atomic E-state index is 0.174. The second-order valence-corrected chi connectivity index (χ2v) is 4.61. The smallest absolute Gasteiger partial charge is 0.323 e. The van der Waals surface area contributed by atoms with Crippen LogP contribution in [0, 0.1) is 12.7 Å². The number of carbonyl (C=O) groups is 1. The second-order valence-electron chi connectivity index (χ2n) is 4.61. The van der Waals surface area contributed by atoms with E-state index in [2.05, 4.69) is 10.6 Å². The maximum atomic E-state index is 13.2. The molecule has 3 rings (SSSR count). The number of fused-ring (bicyclic) bond motifs is 1. The predicted octanol–water partition coefficient (Wildman–Crippen LogP) is 3.51. The number of anilines is 2. The summed E-state index contributed by atoms with van der Waals surface area (Å²) in [5.41, 5.74) is 1.76. The number of ether oxygens (including phenoxy) is 2. The van der Waals surface area contributed by atoms with Crippen molar-refractivity contribution in [3.8, 4) is 11.5 Å². The van der Waals surface area contributed by atoms with Gasteiger partial charge in [-0.05, 0) is 36.8 Å². The molecule has 2 aromatic rings. The van der Waals surface area contributed by atoms with E-state index >= 15 is 0 Å². The quantitative estimate of drug-likeness (QED) is 0.889. The van der Waals surface area contributed by atoms with Crippen LogP contribution in [0.1, 0.15) is 5.56 Å². The number of carbonyl (C=O) groups excluding carboxylic acids is 1. The van der Waals surface area contributed by atoms with E-state index in [-0.39, 0.29) is 6.79 Å². The van der Waals surface area contributed by atoms with Crippen LogP contribution in [0.5, 0.6) is 11.5 Å². The molecule has 1 aliphatic rings. The van der Waals surface area contributed by atoms with E-state index in [4.69, 9.17) is 9.47 Å². The molecule has 0 saturated heterocycles. The Kier molecular flexibility index (Phi) is 3.35. The van der Waals surface area contributed by atoms with Gasteiger partial charge in [-0.15, -0.1) is 0 Å². The molecule has 2 aromatic carbocycles. The summed E-state index contributed by atoms with van der Waals surface area (Å²) in [7, 11) is 0. The Morgan fingerprint density at radius 3 is 2.76 bits per heavy atom. The zero-order valence-electron chi connectivity index (χ0n) is 11.3. The monoisotopic (exact) mass is 288 g/mol. The molecule has 1 aliphatic heterocycles. The fraction of sp³-hybridized carbons (Fsp3) is 0.133. The van der Waals surface area contributed by atoms with E-state index in [1.165, 1.54) is 12.1 Å². The zero-order chi connectivity index (χ0) is 14.8. The first-order valence-electron chi connectivity index (χ1n) is 6.35. The van der Waals surface area contributed by atoms with Crippen molar-refractivity contribution in [2.24, 2.45) is 0 Å². The minimum Gasteiger partial charge on any atom is -0.454 e. The number of hydrogen-bond acceptors (Lipinski definition) is 3. The Bertz CT molecular complexity index is 703. The minimum atomic E-state index is -0.456. The first-order chi connectivity index (χ1) is 10.1. The lowest BCUT2D eigenvalue weighted by molar-refractivity contribution is 0.174. The van der Waals surface area contributed by atoms with Gasteiger partial charge in [-0.1, -0.05) is 6.07 Å². The van der Waals surface area contributed by atoms with E-state index in [0.29, 0.717) is 22.9 Å². The number of nitrogens with one attached hydrogen (secondary N) is 2. The normalized spacial score (nSPS) is 12.1. The molecule has 0 unspecified atom stereocenters. The standard InChI is InChI=1S/C15H13FN2O3/c1-9-2-3-10(16)6-12(9)18-15(19)17-11-4-5-13-14(7-11)21-8-20-13/h2-7H,8H2,1H3,(H2,17,18,19). The van der Waals surface area contributed by atoms with Gasteiger partial charge in [0.1, 0.15) is 5.82 Å². The number of amides is 2. The molecule has 21 heavy (non-hydrogen) atoms. The summed E-state index contributed by atoms with van der Waals surface area (Å²) in [6.45, 7) is 1.96. The SMILES string of the molecule is Cc1ccc(F)cc1NC(=O)Nc1ccc2c(c1)OCO2. The third-order valence-electron chi connectivity index (χ3n) is 3.08. The molecular weight excluding hydrogens is 275 g/mol. The maximum absolute atomic E-state index is 13.2. The molecule has 5 nitrogen and oxygen atoms in total. The summed E-state index contributed by atoms with van der Waals surface area (Å²) >= 11 is 0. The molecule has 0 radical (unpaired) electrons. The summed E-state index contributed by atoms with van der Waals surface area (Å²) in [6, 6.07) is 8.84. The molecule has 0 saturated carbocycles. The number of benzene rings is 2. The fourth-order valence-electron chi connectivity index (χ4n) is 1.99. The molecule has 0 spiro atoms. The lowest BCUT2D eigenvalue weighted by atomic mass is 10.2. The van der Waals surface area contributed by atoms with Crippen molar-refractivity contribution in [1.82, 2.24) is 0 Å². The maximum Gasteiger partial charge on any atom is 0.323 e. The van der Waals surface area contributed by atoms with Crippen LogP contribution in [0.2, 0.25) is 0 Å². The van der Waals surface area contributed by atoms with Gasteiger partial charge < -0.3 is 20.1 Å². The van der Waals surface area contributed by atoms with Crippen molar-refractivity contribution in [2.45, 2.75) is 6.92 Å². The van der Waals surface area contributed by atoms with Gasteiger partial charge in [0.15, 0.2) is 11.5 Å². The van der Waals surface area contributed by atoms with E-state index in [9.17, 15) is 9.18 Å². The van der Waals surface area contributed by atoms with Crippen LogP contribution < -0.4 is 20.1 Å². The first-order valence-corrected chi connectivity index (χ1v) is 6.35. The summed E-state index contributed by atoms with van der Waals surface area (Å²) in [6.07, 6.45) is 0. The van der Waals surface area contributed by atoms with Crippen molar-refractivity contribution in [3.63, 3.8) is 0 Å². The van der Waals surface area contributed by atoms with Gasteiger partial charge in [0.25, 0.3) is 0 Å². The van der Waals surface area contributed by atoms with Crippen LogP contribution in [0.4, 0.5) is 20.6 Å². The van der Waals surface area contributed by atoms with Gasteiger partial charge in [0, 0.05) is 17.4 Å². The van der Waals surface area contributed by atoms with Crippen LogP contribution in [-0.2, 0) is 0 Å². The lowest BCUT2D eigenvalue weighted by Gasteiger charge is -2.10. The largest absolute Gasteiger partial charge is 0.454 e. The number of urea groups is 1. The molecule has 108 valence electrons. The number of hydrogen-bond donors (Lipinski definition) is 2. The van der Waals surface area contributed by atoms with Crippen LogP contribution >= 0.6 is 0 Å². The molecule has 0 atom stereocenters. The Labute approximate surface area is 120 Å². The van der Waals surface area contributed by atoms with Gasteiger partial charge in [0.2, 0.25) is 6.79 Å². The van der Waals surface area contributed by atoms with Crippen molar-refractivity contribution in [2.75, 3.05) is 17.4 Å². The Morgan fingerprint density at radius 2 is 1.90 bits per heavy atom. The highest BCUT2D eigenvalue weighted by Crippen LogP contribution is 2.34. The molecule has 0 bridgehead atoms. The molecule has 0 aromatic heterocycles. The molecule has 6 heteroatoms. The van der Waals surface area contributed by atoms with Gasteiger partial charge in [0.05, 0.1) is 0 Å². The summed E-state index contributed by atoms with van der Waals surface area (Å²) in [5, 5.41) is 5.26. The molecule has 0 aliphatic carbocycles. The first kappa shape index (κ1) is 13.2. The Hall–Kier alpha value is -2.76. The molecule has 2 N–H and O–H groups in total. The van der Waals surface area contributed by atoms with Crippen molar-refractivity contribution in [1.29, 1.82) is 0 Å². The summed E-state index contributed by atoms with van der Waals surface area (Å²) in [5.74, 6) is 0.815. The molecule has 2 amide bonds. The van der Waals surface area contributed by atoms with Gasteiger partial charge in [-0.2, -0.15) is 0 Å². The fourth-order valence-corrected chi connectivity index (χ4v) is 1.99. The number of rotatable bonds is 2. The Balaban J connectivity index is 1.70. The van der Waals surface area contributed by atoms with Gasteiger partial charge in [-0.25, -0.2) is 9.18 Å². The number of halogens is 1. The molecule has 0 fully saturated rings. The van der Waals surface area contributed by atoms with Gasteiger partial charge >= 0.3 is 6.03 Å². The van der Waals surface area contributed by atoms with Gasteiger partial charge in [-0.3, -0.25) is 0 Å². The van der Waals surface area contributed by atoms with Crippen LogP contribution in [-0.4, -0.2) is 12.8 Å². The predicted molar refractivity (Wildman–Crippen MR) is 76.3 cm³/mol. The van der Waals surface area contributed by atoms with E-state index in [1.807, 2.05) is 0 Å². The third kappa shape index (κ3) is 2.89. The highest BCUT2D eigenvalue weighted by Gasteiger charge is 2.14. The van der Waals surface area contributed by atoms with Crippen LogP contribution in [0.15, 0.2) is 36.4 Å². The average molecular weight is 288 g/mol. The third-order valence-corrected chi connectivity index (χ3v) is 3.08. The van der Waals surface area contributed by atoms with Crippen molar-refractivity contribution >= 4 is 17.4 Å².